The van der Waals surface area contributed by atoms with Crippen molar-refractivity contribution >= 4 is 27.5 Å². The predicted molar refractivity (Wildman–Crippen MR) is 71.5 cm³/mol. The third kappa shape index (κ3) is 3.07. The molecule has 1 amide bonds. The molecule has 4 heteroatoms. The van der Waals surface area contributed by atoms with Crippen LogP contribution in [-0.4, -0.2) is 5.91 Å². The number of nitrogens with zero attached hydrogens (tertiary/aromatic N) is 1. The van der Waals surface area contributed by atoms with E-state index in [1.807, 2.05) is 32.0 Å². The molecule has 1 aromatic carbocycles. The van der Waals surface area contributed by atoms with Gasteiger partial charge in [0.25, 0.3) is 0 Å². The molecule has 1 aromatic rings. The minimum absolute atomic E-state index is 0.257. The molecule has 0 aliphatic carbocycles. The van der Waals surface area contributed by atoms with Crippen LogP contribution in [-0.2, 0) is 4.79 Å². The van der Waals surface area contributed by atoms with Crippen LogP contribution in [0.5, 0.6) is 0 Å². The number of hydrogen-bond acceptors (Lipinski definition) is 2. The van der Waals surface area contributed by atoms with Crippen LogP contribution in [0.25, 0.3) is 0 Å². The highest BCUT2D eigenvalue weighted by atomic mass is 79.9. The first kappa shape index (κ1) is 13.7. The van der Waals surface area contributed by atoms with Gasteiger partial charge in [0.15, 0.2) is 0 Å². The highest BCUT2D eigenvalue weighted by Gasteiger charge is 2.31. The molecule has 0 bridgehead atoms. The summed E-state index contributed by atoms with van der Waals surface area (Å²) >= 11 is 3.36. The summed E-state index contributed by atoms with van der Waals surface area (Å²) in [5, 5.41) is 11.8. The molecular weight excluding hydrogens is 280 g/mol. The number of carbonyl (C=O) groups is 1. The van der Waals surface area contributed by atoms with Gasteiger partial charge in [0, 0.05) is 10.2 Å². The van der Waals surface area contributed by atoms with Crippen molar-refractivity contribution in [2.45, 2.75) is 27.2 Å². The molecule has 0 heterocycles. The maximum atomic E-state index is 12.0. The van der Waals surface area contributed by atoms with Crippen LogP contribution in [0.15, 0.2) is 22.7 Å². The zero-order valence-corrected chi connectivity index (χ0v) is 11.8. The Balaban J connectivity index is 2.93. The minimum atomic E-state index is -0.973. The largest absolute Gasteiger partial charge is 0.324 e. The van der Waals surface area contributed by atoms with Crippen LogP contribution in [0.1, 0.15) is 25.8 Å². The molecule has 0 fully saturated rings. The van der Waals surface area contributed by atoms with Crippen LogP contribution < -0.4 is 5.32 Å². The van der Waals surface area contributed by atoms with Crippen molar-refractivity contribution in [1.82, 2.24) is 0 Å². The van der Waals surface area contributed by atoms with Gasteiger partial charge in [0.05, 0.1) is 6.07 Å². The highest BCUT2D eigenvalue weighted by Crippen LogP contribution is 2.25. The SMILES string of the molecule is CCC(C)(C#N)C(=O)Nc1ccc(Br)cc1C. The van der Waals surface area contributed by atoms with E-state index in [2.05, 4.69) is 27.3 Å². The Morgan fingerprint density at radius 1 is 1.59 bits per heavy atom. The fourth-order valence-electron chi connectivity index (χ4n) is 1.32. The van der Waals surface area contributed by atoms with Crippen LogP contribution in [0.3, 0.4) is 0 Å². The molecule has 0 spiro atoms. The molecule has 1 atom stereocenters. The molecule has 1 N–H and O–H groups in total. The lowest BCUT2D eigenvalue weighted by molar-refractivity contribution is -0.122. The van der Waals surface area contributed by atoms with Crippen LogP contribution in [0.4, 0.5) is 5.69 Å². The van der Waals surface area contributed by atoms with Crippen LogP contribution in [0.2, 0.25) is 0 Å². The molecule has 1 rings (SSSR count). The normalized spacial score (nSPS) is 13.6. The standard InChI is InChI=1S/C13H15BrN2O/c1-4-13(3,8-15)12(17)16-11-6-5-10(14)7-9(11)2/h5-7H,4H2,1-3H3,(H,16,17). The summed E-state index contributed by atoms with van der Waals surface area (Å²) in [5.41, 5.74) is 0.733. The molecule has 17 heavy (non-hydrogen) atoms. The smallest absolute Gasteiger partial charge is 0.244 e. The first-order valence-electron chi connectivity index (χ1n) is 5.42. The predicted octanol–water partition coefficient (Wildman–Crippen LogP) is 3.64. The molecule has 90 valence electrons. The van der Waals surface area contributed by atoms with Gasteiger partial charge < -0.3 is 5.32 Å². The average Bonchev–Trinajstić information content (AvgIpc) is 2.31. The van der Waals surface area contributed by atoms with E-state index < -0.39 is 5.41 Å². The lowest BCUT2D eigenvalue weighted by Gasteiger charge is -2.19. The van der Waals surface area contributed by atoms with E-state index in [9.17, 15) is 4.79 Å². The van der Waals surface area contributed by atoms with Crippen molar-refractivity contribution in [3.8, 4) is 6.07 Å². The van der Waals surface area contributed by atoms with Gasteiger partial charge in [0.2, 0.25) is 5.91 Å². The highest BCUT2D eigenvalue weighted by molar-refractivity contribution is 9.10. The third-order valence-corrected chi connectivity index (χ3v) is 3.38. The molecule has 0 aliphatic rings. The maximum Gasteiger partial charge on any atom is 0.244 e. The van der Waals surface area contributed by atoms with E-state index in [1.54, 1.807) is 6.92 Å². The lowest BCUT2D eigenvalue weighted by Crippen LogP contribution is -2.31. The summed E-state index contributed by atoms with van der Waals surface area (Å²) in [7, 11) is 0. The first-order chi connectivity index (χ1) is 7.92. The number of benzene rings is 1. The van der Waals surface area contributed by atoms with Crippen molar-refractivity contribution in [3.05, 3.63) is 28.2 Å². The Morgan fingerprint density at radius 2 is 2.24 bits per heavy atom. The number of hydrogen-bond donors (Lipinski definition) is 1. The number of anilines is 1. The third-order valence-electron chi connectivity index (χ3n) is 2.89. The Kier molecular flexibility index (Phi) is 4.30. The van der Waals surface area contributed by atoms with E-state index in [1.165, 1.54) is 0 Å². The van der Waals surface area contributed by atoms with Gasteiger partial charge in [-0.2, -0.15) is 5.26 Å². The van der Waals surface area contributed by atoms with Gasteiger partial charge in [-0.15, -0.1) is 0 Å². The summed E-state index contributed by atoms with van der Waals surface area (Å²) in [4.78, 5) is 12.0. The Labute approximate surface area is 110 Å². The van der Waals surface area contributed by atoms with E-state index >= 15 is 0 Å². The molecular formula is C13H15BrN2O. The van der Waals surface area contributed by atoms with Crippen LogP contribution in [0, 0.1) is 23.7 Å². The van der Waals surface area contributed by atoms with Crippen molar-refractivity contribution in [2.24, 2.45) is 5.41 Å². The Morgan fingerprint density at radius 3 is 2.71 bits per heavy atom. The van der Waals surface area contributed by atoms with Gasteiger partial charge in [0.1, 0.15) is 5.41 Å². The monoisotopic (exact) mass is 294 g/mol. The van der Waals surface area contributed by atoms with Crippen molar-refractivity contribution in [3.63, 3.8) is 0 Å². The fourth-order valence-corrected chi connectivity index (χ4v) is 1.79. The Bertz CT molecular complexity index is 479. The van der Waals surface area contributed by atoms with E-state index in [-0.39, 0.29) is 5.91 Å². The zero-order valence-electron chi connectivity index (χ0n) is 10.2. The van der Waals surface area contributed by atoms with E-state index in [0.29, 0.717) is 6.42 Å². The van der Waals surface area contributed by atoms with Gasteiger partial charge >= 0.3 is 0 Å². The number of nitriles is 1. The zero-order chi connectivity index (χ0) is 13.1. The van der Waals surface area contributed by atoms with Crippen molar-refractivity contribution in [2.75, 3.05) is 5.32 Å². The first-order valence-corrected chi connectivity index (χ1v) is 6.21. The van der Waals surface area contributed by atoms with Crippen LogP contribution >= 0.6 is 15.9 Å². The van der Waals surface area contributed by atoms with E-state index in [4.69, 9.17) is 5.26 Å². The topological polar surface area (TPSA) is 52.9 Å². The number of nitrogens with one attached hydrogen (secondary N) is 1. The molecule has 0 saturated carbocycles. The number of rotatable bonds is 3. The molecule has 0 radical (unpaired) electrons. The second-order valence-electron chi connectivity index (χ2n) is 4.21. The van der Waals surface area contributed by atoms with Gasteiger partial charge in [-0.05, 0) is 44.0 Å². The second-order valence-corrected chi connectivity index (χ2v) is 5.13. The Hall–Kier alpha value is -1.34. The van der Waals surface area contributed by atoms with Crippen molar-refractivity contribution < 1.29 is 4.79 Å². The summed E-state index contributed by atoms with van der Waals surface area (Å²) < 4.78 is 0.964. The van der Waals surface area contributed by atoms with Gasteiger partial charge in [-0.25, -0.2) is 0 Å². The molecule has 0 aromatic heterocycles. The number of carbonyl (C=O) groups excluding carboxylic acids is 1. The molecule has 0 saturated heterocycles. The minimum Gasteiger partial charge on any atom is -0.324 e. The number of halogens is 1. The second kappa shape index (κ2) is 5.33. The summed E-state index contributed by atoms with van der Waals surface area (Å²) in [6.07, 6.45) is 0.491. The van der Waals surface area contributed by atoms with Crippen molar-refractivity contribution in [1.29, 1.82) is 5.26 Å². The summed E-state index contributed by atoms with van der Waals surface area (Å²) in [5.74, 6) is -0.257. The number of amides is 1. The molecule has 1 unspecified atom stereocenters. The van der Waals surface area contributed by atoms with Gasteiger partial charge in [-0.1, -0.05) is 22.9 Å². The summed E-state index contributed by atoms with van der Waals surface area (Å²) in [6.45, 7) is 5.39. The number of aryl methyl sites for hydroxylation is 1. The van der Waals surface area contributed by atoms with E-state index in [0.717, 1.165) is 15.7 Å². The summed E-state index contributed by atoms with van der Waals surface area (Å²) in [6, 6.07) is 7.66. The lowest BCUT2D eigenvalue weighted by atomic mass is 9.88. The molecule has 3 nitrogen and oxygen atoms in total. The van der Waals surface area contributed by atoms with Gasteiger partial charge in [-0.3, -0.25) is 4.79 Å². The molecule has 0 aliphatic heterocycles. The quantitative estimate of drug-likeness (QED) is 0.925. The maximum absolute atomic E-state index is 12.0. The fraction of sp³-hybridized carbons (Fsp3) is 0.385. The average molecular weight is 295 g/mol.